The van der Waals surface area contributed by atoms with Crippen LogP contribution in [0.5, 0.6) is 5.75 Å². The number of para-hydroxylation sites is 1. The summed E-state index contributed by atoms with van der Waals surface area (Å²) < 4.78 is 38.6. The van der Waals surface area contributed by atoms with Crippen molar-refractivity contribution in [3.8, 4) is 18.1 Å². The quantitative estimate of drug-likeness (QED) is 0.0763. The van der Waals surface area contributed by atoms with Crippen molar-refractivity contribution in [3.63, 3.8) is 0 Å². The van der Waals surface area contributed by atoms with Crippen LogP contribution in [0, 0.1) is 12.3 Å². The number of Topliss-reactive ketones (excluding diaryl/α,β-unsaturated/α-hetero) is 1. The lowest BCUT2D eigenvalue weighted by Gasteiger charge is -2.27. The fourth-order valence-corrected chi connectivity index (χ4v) is 6.30. The molecule has 0 aliphatic heterocycles. The average Bonchev–Trinajstić information content (AvgIpc) is 3.62. The number of amides is 1. The molecule has 3 aromatic rings. The van der Waals surface area contributed by atoms with Gasteiger partial charge in [0.05, 0.1) is 78.2 Å². The summed E-state index contributed by atoms with van der Waals surface area (Å²) in [6.07, 6.45) is 5.50. The first-order valence-corrected chi connectivity index (χ1v) is 17.4. The highest BCUT2D eigenvalue weighted by atomic mass is 16.6. The number of benzene rings is 3. The predicted molar refractivity (Wildman–Crippen MR) is 196 cm³/mol. The van der Waals surface area contributed by atoms with E-state index >= 15 is 0 Å². The van der Waals surface area contributed by atoms with Gasteiger partial charge < -0.3 is 38.1 Å². The molecular weight excluding hydrogens is 650 g/mol. The van der Waals surface area contributed by atoms with Gasteiger partial charge in [-0.15, -0.1) is 6.42 Å². The highest BCUT2D eigenvalue weighted by Crippen LogP contribution is 2.55. The molecule has 0 aromatic heterocycles. The first-order valence-electron chi connectivity index (χ1n) is 17.4. The fourth-order valence-electron chi connectivity index (χ4n) is 6.30. The largest absolute Gasteiger partial charge is 0.480 e. The standard InChI is InChI=1S/C41H47NO9/c1-5-17-51-34-15-7-6-12-31(34)38-36-32-13-8-10-30-11-9-14-33(35(30)32)37(36)39(40(38)43)41(44)42(29(2)3)16-18-46-21-22-48-25-26-50-28-27-49-24-23-47-20-19-45-4/h1,6-15,29H,16-28H2,2-4H3. The number of hydrogen-bond acceptors (Lipinski definition) is 9. The summed E-state index contributed by atoms with van der Waals surface area (Å²) in [5, 5.41) is 2.07. The molecule has 0 heterocycles. The van der Waals surface area contributed by atoms with Crippen LogP contribution in [0.3, 0.4) is 0 Å². The average molecular weight is 698 g/mol. The van der Waals surface area contributed by atoms with E-state index in [2.05, 4.69) is 5.92 Å². The second-order valence-electron chi connectivity index (χ2n) is 12.2. The number of hydrogen-bond donors (Lipinski definition) is 0. The van der Waals surface area contributed by atoms with Gasteiger partial charge in [-0.05, 0) is 41.8 Å². The zero-order valence-electron chi connectivity index (χ0n) is 29.7. The third kappa shape index (κ3) is 9.13. The molecule has 2 aliphatic carbocycles. The summed E-state index contributed by atoms with van der Waals surface area (Å²) in [5.41, 5.74) is 4.44. The van der Waals surface area contributed by atoms with Crippen molar-refractivity contribution in [1.82, 2.24) is 4.90 Å². The zero-order chi connectivity index (χ0) is 36.0. The molecule has 270 valence electrons. The molecule has 0 saturated carbocycles. The molecular formula is C41H47NO9. The molecule has 0 N–H and O–H groups in total. The topological polar surface area (TPSA) is 102 Å². The van der Waals surface area contributed by atoms with Crippen LogP contribution in [-0.4, -0.2) is 116 Å². The Labute approximate surface area is 300 Å². The Kier molecular flexibility index (Phi) is 14.4. The molecule has 0 fully saturated rings. The van der Waals surface area contributed by atoms with Crippen molar-refractivity contribution >= 4 is 39.2 Å². The molecule has 0 spiro atoms. The van der Waals surface area contributed by atoms with Gasteiger partial charge in [0, 0.05) is 42.0 Å². The number of rotatable bonds is 23. The van der Waals surface area contributed by atoms with Crippen LogP contribution in [0.15, 0.2) is 66.2 Å². The van der Waals surface area contributed by atoms with Crippen LogP contribution < -0.4 is 4.74 Å². The maximum Gasteiger partial charge on any atom is 0.258 e. The van der Waals surface area contributed by atoms with Crippen LogP contribution in [0.4, 0.5) is 0 Å². The van der Waals surface area contributed by atoms with E-state index in [1.165, 1.54) is 0 Å². The summed E-state index contributed by atoms with van der Waals surface area (Å²) in [7, 11) is 1.64. The van der Waals surface area contributed by atoms with Crippen LogP contribution in [-0.2, 0) is 38.0 Å². The number of methoxy groups -OCH3 is 1. The van der Waals surface area contributed by atoms with Crippen molar-refractivity contribution < 1.29 is 42.7 Å². The smallest absolute Gasteiger partial charge is 0.258 e. The van der Waals surface area contributed by atoms with Gasteiger partial charge in [-0.3, -0.25) is 9.59 Å². The molecule has 10 heteroatoms. The Morgan fingerprint density at radius 1 is 0.686 bits per heavy atom. The number of carbonyl (C=O) groups excluding carboxylic acids is 2. The number of terminal acetylenes is 1. The number of ketones is 1. The maximum atomic E-state index is 14.5. The number of ether oxygens (including phenoxy) is 7. The molecule has 0 saturated heterocycles. The molecule has 0 radical (unpaired) electrons. The minimum absolute atomic E-state index is 0.0537. The van der Waals surface area contributed by atoms with Gasteiger partial charge in [-0.25, -0.2) is 0 Å². The zero-order valence-corrected chi connectivity index (χ0v) is 29.7. The van der Waals surface area contributed by atoms with Crippen molar-refractivity contribution in [3.05, 3.63) is 82.9 Å². The summed E-state index contributed by atoms with van der Waals surface area (Å²) >= 11 is 0. The van der Waals surface area contributed by atoms with E-state index in [9.17, 15) is 9.59 Å². The maximum absolute atomic E-state index is 14.5. The Morgan fingerprint density at radius 3 is 1.78 bits per heavy atom. The number of carbonyl (C=O) groups is 2. The highest BCUT2D eigenvalue weighted by molar-refractivity contribution is 6.56. The van der Waals surface area contributed by atoms with Crippen LogP contribution in [0.1, 0.15) is 30.5 Å². The Morgan fingerprint density at radius 2 is 1.22 bits per heavy atom. The third-order valence-corrected chi connectivity index (χ3v) is 8.61. The molecule has 0 unspecified atom stereocenters. The number of nitrogens with zero attached hydrogens (tertiary/aromatic N) is 1. The molecule has 0 atom stereocenters. The molecule has 0 bridgehead atoms. The van der Waals surface area contributed by atoms with Crippen molar-refractivity contribution in [2.45, 2.75) is 19.9 Å². The van der Waals surface area contributed by atoms with E-state index in [1.54, 1.807) is 18.1 Å². The fraction of sp³-hybridized carbons (Fsp3) is 0.415. The lowest BCUT2D eigenvalue weighted by molar-refractivity contribution is -0.131. The first-order chi connectivity index (χ1) is 25.0. The van der Waals surface area contributed by atoms with Crippen molar-refractivity contribution in [2.24, 2.45) is 0 Å². The van der Waals surface area contributed by atoms with E-state index in [4.69, 9.17) is 39.6 Å². The van der Waals surface area contributed by atoms with Gasteiger partial charge in [-0.1, -0.05) is 60.5 Å². The van der Waals surface area contributed by atoms with Crippen LogP contribution >= 0.6 is 0 Å². The van der Waals surface area contributed by atoms with Crippen molar-refractivity contribution in [1.29, 1.82) is 0 Å². The van der Waals surface area contributed by atoms with E-state index in [0.717, 1.165) is 27.5 Å². The Balaban J connectivity index is 1.18. The Bertz CT molecular complexity index is 1760. The summed E-state index contributed by atoms with van der Waals surface area (Å²) in [6, 6.07) is 19.2. The second-order valence-corrected chi connectivity index (χ2v) is 12.2. The molecule has 2 aliphatic rings. The van der Waals surface area contributed by atoms with Crippen molar-refractivity contribution in [2.75, 3.05) is 92.9 Å². The highest BCUT2D eigenvalue weighted by Gasteiger charge is 2.44. The molecule has 5 rings (SSSR count). The van der Waals surface area contributed by atoms with E-state index in [0.29, 0.717) is 102 Å². The SMILES string of the molecule is C#CCOc1ccccc1C1=C2C(=C(C(=O)N(CCOCCOCCOCCOCCOCCOC)C(C)C)C1=O)c1cccc3cccc2c13. The second kappa shape index (κ2) is 19.3. The summed E-state index contributed by atoms with van der Waals surface area (Å²) in [4.78, 5) is 30.7. The minimum atomic E-state index is -0.330. The number of allylic oxidation sites excluding steroid dienone is 3. The molecule has 1 amide bonds. The van der Waals surface area contributed by atoms with Gasteiger partial charge in [0.2, 0.25) is 5.78 Å². The van der Waals surface area contributed by atoms with E-state index in [-0.39, 0.29) is 29.9 Å². The monoisotopic (exact) mass is 697 g/mol. The third-order valence-electron chi connectivity index (χ3n) is 8.61. The predicted octanol–water partition coefficient (Wildman–Crippen LogP) is 5.08. The summed E-state index contributed by atoms with van der Waals surface area (Å²) in [5.74, 6) is 2.34. The Hall–Kier alpha value is -4.34. The lowest BCUT2D eigenvalue weighted by Crippen LogP contribution is -2.41. The van der Waals surface area contributed by atoms with Gasteiger partial charge in [-0.2, -0.15) is 0 Å². The van der Waals surface area contributed by atoms with Gasteiger partial charge in [0.1, 0.15) is 12.4 Å². The van der Waals surface area contributed by atoms with Crippen LogP contribution in [0.2, 0.25) is 0 Å². The van der Waals surface area contributed by atoms with E-state index < -0.39 is 0 Å². The van der Waals surface area contributed by atoms with Gasteiger partial charge in [0.15, 0.2) is 0 Å². The van der Waals surface area contributed by atoms with Gasteiger partial charge in [0.25, 0.3) is 5.91 Å². The number of fused-ring (bicyclic) bond motifs is 3. The minimum Gasteiger partial charge on any atom is -0.480 e. The first kappa shape index (κ1) is 37.9. The van der Waals surface area contributed by atoms with E-state index in [1.807, 2.05) is 68.4 Å². The molecule has 3 aromatic carbocycles. The molecule has 10 nitrogen and oxygen atoms in total. The van der Waals surface area contributed by atoms with Gasteiger partial charge >= 0.3 is 0 Å². The van der Waals surface area contributed by atoms with Crippen LogP contribution in [0.25, 0.3) is 27.5 Å². The lowest BCUT2D eigenvalue weighted by atomic mass is 9.94. The normalized spacial score (nSPS) is 13.4. The summed E-state index contributed by atoms with van der Waals surface area (Å²) in [6.45, 7) is 9.29. The molecule has 51 heavy (non-hydrogen) atoms.